The summed E-state index contributed by atoms with van der Waals surface area (Å²) < 4.78 is 36.6. The Hall–Kier alpha value is -3.13. The Morgan fingerprint density at radius 3 is 2.54 bits per heavy atom. The van der Waals surface area contributed by atoms with Crippen molar-refractivity contribution in [3.8, 4) is 5.88 Å². The molecule has 206 valence electrons. The lowest BCUT2D eigenvalue weighted by Crippen LogP contribution is -2.34. The number of nitrogens with zero attached hydrogens (tertiary/aromatic N) is 3. The van der Waals surface area contributed by atoms with Crippen molar-refractivity contribution in [2.45, 2.75) is 54.5 Å². The molecule has 1 aromatic carbocycles. The van der Waals surface area contributed by atoms with Crippen LogP contribution >= 0.6 is 11.3 Å². The van der Waals surface area contributed by atoms with Gasteiger partial charge in [0.2, 0.25) is 5.88 Å². The molecule has 2 aromatic heterocycles. The molecule has 3 fully saturated rings. The van der Waals surface area contributed by atoms with E-state index in [0.29, 0.717) is 59.4 Å². The van der Waals surface area contributed by atoms with Crippen LogP contribution in [0.2, 0.25) is 0 Å². The molecule has 0 unspecified atom stereocenters. The molecule has 1 aliphatic carbocycles. The zero-order valence-corrected chi connectivity index (χ0v) is 22.8. The molecule has 3 aliphatic rings. The van der Waals surface area contributed by atoms with Crippen LogP contribution in [-0.4, -0.2) is 73.8 Å². The molecule has 3 aromatic rings. The maximum absolute atomic E-state index is 13.4. The Morgan fingerprint density at radius 1 is 1.03 bits per heavy atom. The van der Waals surface area contributed by atoms with Gasteiger partial charge < -0.3 is 19.6 Å². The number of rotatable bonds is 9. The van der Waals surface area contributed by atoms with E-state index < -0.39 is 15.7 Å². The quantitative estimate of drug-likeness (QED) is 0.293. The number of oxime groups is 1. The van der Waals surface area contributed by atoms with Gasteiger partial charge in [-0.2, -0.15) is 0 Å². The first-order valence-electron chi connectivity index (χ1n) is 13.1. The topological polar surface area (TPSA) is 141 Å². The lowest BCUT2D eigenvalue weighted by molar-refractivity contribution is -0.110. The SMILES string of the molecule is O=C(Nc1nc2ccc(OC3CCNCC3)nc2s1)C(=NO[C@@H]1CCOC1)c1ccc(S(=O)(=O)C2CC2)cc1. The monoisotopic (exact) mass is 571 g/mol. The Bertz CT molecular complexity index is 1470. The van der Waals surface area contributed by atoms with Gasteiger partial charge >= 0.3 is 0 Å². The van der Waals surface area contributed by atoms with Crippen LogP contribution in [0.25, 0.3) is 10.3 Å². The second kappa shape index (κ2) is 11.2. The maximum Gasteiger partial charge on any atom is 0.280 e. The number of pyridine rings is 1. The number of hydrogen-bond donors (Lipinski definition) is 2. The molecule has 1 saturated carbocycles. The summed E-state index contributed by atoms with van der Waals surface area (Å²) in [6, 6.07) is 9.78. The van der Waals surface area contributed by atoms with Crippen molar-refractivity contribution in [3.05, 3.63) is 42.0 Å². The fraction of sp³-hybridized carbons (Fsp3) is 0.462. The van der Waals surface area contributed by atoms with Gasteiger partial charge in [-0.15, -0.1) is 0 Å². The maximum atomic E-state index is 13.4. The molecule has 13 heteroatoms. The van der Waals surface area contributed by atoms with Crippen LogP contribution in [0.1, 0.15) is 37.7 Å². The summed E-state index contributed by atoms with van der Waals surface area (Å²) in [4.78, 5) is 28.9. The fourth-order valence-corrected chi connectivity index (χ4v) is 6.96. The number of anilines is 1. The fourth-order valence-electron chi connectivity index (χ4n) is 4.48. The second-order valence-corrected chi connectivity index (χ2v) is 13.0. The van der Waals surface area contributed by atoms with E-state index in [4.69, 9.17) is 14.3 Å². The number of fused-ring (bicyclic) bond motifs is 1. The normalized spacial score (nSPS) is 20.7. The third-order valence-corrected chi connectivity index (χ3v) is 10.00. The van der Waals surface area contributed by atoms with Crippen LogP contribution in [0.15, 0.2) is 46.4 Å². The van der Waals surface area contributed by atoms with E-state index in [1.54, 1.807) is 18.2 Å². The standard InChI is InChI=1S/C26H29N5O6S2/c32-24(30-26-28-21-7-8-22(29-25(21)38-26)36-17-9-12-27-13-10-17)23(31-37-18-11-14-35-15-18)16-1-3-19(4-2-16)39(33,34)20-5-6-20/h1-4,7-8,17-18,20,27H,5-6,9-15H2,(H,28,30,32)/t18-/m1/s1. The van der Waals surface area contributed by atoms with Gasteiger partial charge in [-0.1, -0.05) is 28.6 Å². The molecule has 1 atom stereocenters. The molecule has 0 bridgehead atoms. The third kappa shape index (κ3) is 6.06. The molecule has 11 nitrogen and oxygen atoms in total. The van der Waals surface area contributed by atoms with Crippen molar-refractivity contribution in [1.29, 1.82) is 0 Å². The van der Waals surface area contributed by atoms with Crippen LogP contribution in [-0.2, 0) is 24.2 Å². The first-order valence-corrected chi connectivity index (χ1v) is 15.4. The molecular weight excluding hydrogens is 542 g/mol. The smallest absolute Gasteiger partial charge is 0.280 e. The summed E-state index contributed by atoms with van der Waals surface area (Å²) >= 11 is 1.23. The minimum absolute atomic E-state index is 0.0133. The second-order valence-electron chi connectivity index (χ2n) is 9.81. The first kappa shape index (κ1) is 26.1. The van der Waals surface area contributed by atoms with Crippen LogP contribution in [0.5, 0.6) is 5.88 Å². The van der Waals surface area contributed by atoms with E-state index in [0.717, 1.165) is 25.9 Å². The van der Waals surface area contributed by atoms with Gasteiger partial charge in [-0.25, -0.2) is 18.4 Å². The number of aromatic nitrogens is 2. The van der Waals surface area contributed by atoms with Crippen LogP contribution in [0.3, 0.4) is 0 Å². The van der Waals surface area contributed by atoms with Crippen LogP contribution < -0.4 is 15.4 Å². The molecular formula is C26H29N5O6S2. The van der Waals surface area contributed by atoms with Gasteiger partial charge in [0.1, 0.15) is 16.5 Å². The zero-order chi connectivity index (χ0) is 26.8. The minimum atomic E-state index is -3.35. The molecule has 39 heavy (non-hydrogen) atoms. The predicted octanol–water partition coefficient (Wildman–Crippen LogP) is 2.91. The van der Waals surface area contributed by atoms with E-state index in [-0.39, 0.29) is 28.1 Å². The number of ether oxygens (including phenoxy) is 2. The summed E-state index contributed by atoms with van der Waals surface area (Å²) in [6.45, 7) is 2.80. The molecule has 2 saturated heterocycles. The highest BCUT2D eigenvalue weighted by atomic mass is 32.2. The van der Waals surface area contributed by atoms with Crippen LogP contribution in [0.4, 0.5) is 5.13 Å². The van der Waals surface area contributed by atoms with Gasteiger partial charge in [0.15, 0.2) is 26.8 Å². The van der Waals surface area contributed by atoms with E-state index in [1.807, 2.05) is 6.07 Å². The van der Waals surface area contributed by atoms with Crippen molar-refractivity contribution in [2.75, 3.05) is 31.6 Å². The summed E-state index contributed by atoms with van der Waals surface area (Å²) in [5, 5.41) is 10.3. The molecule has 1 amide bonds. The Kier molecular flexibility index (Phi) is 7.47. The van der Waals surface area contributed by atoms with Crippen molar-refractivity contribution in [3.63, 3.8) is 0 Å². The number of sulfone groups is 1. The number of nitrogens with one attached hydrogen (secondary N) is 2. The lowest BCUT2D eigenvalue weighted by atomic mass is 10.1. The third-order valence-electron chi connectivity index (χ3n) is 6.84. The lowest BCUT2D eigenvalue weighted by Gasteiger charge is -2.23. The number of benzene rings is 1. The molecule has 0 radical (unpaired) electrons. The zero-order valence-electron chi connectivity index (χ0n) is 21.2. The largest absolute Gasteiger partial charge is 0.474 e. The average Bonchev–Trinajstić information content (AvgIpc) is 3.55. The van der Waals surface area contributed by atoms with Crippen molar-refractivity contribution < 1.29 is 27.5 Å². The van der Waals surface area contributed by atoms with E-state index >= 15 is 0 Å². The number of hydrogen-bond acceptors (Lipinski definition) is 11. The molecule has 2 N–H and O–H groups in total. The van der Waals surface area contributed by atoms with Gasteiger partial charge in [0.25, 0.3) is 5.91 Å². The van der Waals surface area contributed by atoms with E-state index in [1.165, 1.54) is 23.5 Å². The number of thiazole rings is 1. The highest BCUT2D eigenvalue weighted by molar-refractivity contribution is 7.92. The summed E-state index contributed by atoms with van der Waals surface area (Å²) in [7, 11) is -3.35. The Labute approximate surface area is 229 Å². The number of carbonyl (C=O) groups excluding carboxylic acids is 1. The highest BCUT2D eigenvalue weighted by Gasteiger charge is 2.37. The van der Waals surface area contributed by atoms with Gasteiger partial charge in [-0.05, 0) is 57.0 Å². The number of carbonyl (C=O) groups is 1. The van der Waals surface area contributed by atoms with Gasteiger partial charge in [0, 0.05) is 18.1 Å². The molecule has 4 heterocycles. The molecule has 0 spiro atoms. The minimum Gasteiger partial charge on any atom is -0.474 e. The van der Waals surface area contributed by atoms with Crippen molar-refractivity contribution in [1.82, 2.24) is 15.3 Å². The van der Waals surface area contributed by atoms with Crippen LogP contribution in [0, 0.1) is 0 Å². The summed E-state index contributed by atoms with van der Waals surface area (Å²) in [6.07, 6.45) is 3.74. The molecule has 6 rings (SSSR count). The van der Waals surface area contributed by atoms with Gasteiger partial charge in [0.05, 0.1) is 23.4 Å². The van der Waals surface area contributed by atoms with Crippen molar-refractivity contribution in [2.24, 2.45) is 5.16 Å². The highest BCUT2D eigenvalue weighted by Crippen LogP contribution is 2.33. The average molecular weight is 572 g/mol. The summed E-state index contributed by atoms with van der Waals surface area (Å²) in [5.74, 6) is 0.00329. The van der Waals surface area contributed by atoms with Gasteiger partial charge in [-0.3, -0.25) is 10.1 Å². The number of amides is 1. The van der Waals surface area contributed by atoms with E-state index in [2.05, 4.69) is 25.8 Å². The predicted molar refractivity (Wildman–Crippen MR) is 146 cm³/mol. The number of piperidine rings is 1. The van der Waals surface area contributed by atoms with Crippen molar-refractivity contribution >= 4 is 48.3 Å². The Balaban J connectivity index is 1.21. The first-order chi connectivity index (χ1) is 19.0. The molecule has 2 aliphatic heterocycles. The van der Waals surface area contributed by atoms with E-state index in [9.17, 15) is 13.2 Å². The summed E-state index contributed by atoms with van der Waals surface area (Å²) in [5.41, 5.74) is 1.08. The Morgan fingerprint density at radius 2 is 1.82 bits per heavy atom.